The third kappa shape index (κ3) is 3.11. The molecule has 0 atom stereocenters. The number of carbonyl (C=O) groups is 1. The van der Waals surface area contributed by atoms with E-state index in [0.29, 0.717) is 0 Å². The molecule has 7 nitrogen and oxygen atoms in total. The quantitative estimate of drug-likeness (QED) is 0.782. The second kappa shape index (κ2) is 5.00. The Morgan fingerprint density at radius 2 is 2.11 bits per heavy atom. The number of benzene rings is 1. The van der Waals surface area contributed by atoms with Gasteiger partial charge in [0.25, 0.3) is 5.91 Å². The van der Waals surface area contributed by atoms with E-state index in [1.807, 2.05) is 0 Å². The van der Waals surface area contributed by atoms with Crippen LogP contribution in [0.25, 0.3) is 0 Å². The number of aromatic amines is 1. The van der Waals surface area contributed by atoms with Gasteiger partial charge in [-0.15, -0.1) is 0 Å². The number of carbonyl (C=O) groups excluding carboxylic acids is 1. The number of halogens is 1. The number of anilines is 1. The van der Waals surface area contributed by atoms with Crippen molar-refractivity contribution in [2.45, 2.75) is 4.90 Å². The van der Waals surface area contributed by atoms with Gasteiger partial charge in [0.05, 0.1) is 15.6 Å². The normalized spacial score (nSPS) is 11.3. The molecule has 1 aromatic heterocycles. The predicted octanol–water partition coefficient (Wildman–Crippen LogP) is 0.963. The number of sulfonamides is 1. The monoisotopic (exact) mass is 300 g/mol. The van der Waals surface area contributed by atoms with E-state index < -0.39 is 15.9 Å². The van der Waals surface area contributed by atoms with Gasteiger partial charge >= 0.3 is 0 Å². The van der Waals surface area contributed by atoms with Gasteiger partial charge in [-0.3, -0.25) is 9.89 Å². The standard InChI is InChI=1S/C10H9ClN4O3S/c11-7-2-1-6(19(12,17)18)5-9(7)14-10(16)8-3-4-13-15-8/h1-5H,(H,13,15)(H,14,16)(H2,12,17,18). The second-order valence-corrected chi connectivity index (χ2v) is 5.58. The highest BCUT2D eigenvalue weighted by atomic mass is 35.5. The van der Waals surface area contributed by atoms with Gasteiger partial charge in [0, 0.05) is 6.20 Å². The van der Waals surface area contributed by atoms with Crippen molar-refractivity contribution in [2.75, 3.05) is 5.32 Å². The number of rotatable bonds is 3. The second-order valence-electron chi connectivity index (χ2n) is 3.61. The number of hydrogen-bond acceptors (Lipinski definition) is 4. The molecule has 1 aromatic carbocycles. The van der Waals surface area contributed by atoms with Crippen molar-refractivity contribution in [1.82, 2.24) is 10.2 Å². The van der Waals surface area contributed by atoms with Crippen LogP contribution >= 0.6 is 11.6 Å². The Morgan fingerprint density at radius 3 is 2.68 bits per heavy atom. The van der Waals surface area contributed by atoms with Crippen LogP contribution in [0.4, 0.5) is 5.69 Å². The van der Waals surface area contributed by atoms with Crippen molar-refractivity contribution in [2.24, 2.45) is 5.14 Å². The molecule has 0 spiro atoms. The minimum absolute atomic E-state index is 0.142. The van der Waals surface area contributed by atoms with Crippen molar-refractivity contribution in [3.63, 3.8) is 0 Å². The first kappa shape index (κ1) is 13.5. The number of hydrogen-bond donors (Lipinski definition) is 3. The topological polar surface area (TPSA) is 118 Å². The van der Waals surface area contributed by atoms with Crippen molar-refractivity contribution < 1.29 is 13.2 Å². The predicted molar refractivity (Wildman–Crippen MR) is 69.4 cm³/mol. The summed E-state index contributed by atoms with van der Waals surface area (Å²) in [5.41, 5.74) is 0.366. The van der Waals surface area contributed by atoms with Gasteiger partial charge in [-0.1, -0.05) is 11.6 Å². The van der Waals surface area contributed by atoms with Crippen molar-refractivity contribution in [3.05, 3.63) is 41.2 Å². The summed E-state index contributed by atoms with van der Waals surface area (Å²) in [6.07, 6.45) is 1.41. The first-order valence-electron chi connectivity index (χ1n) is 5.01. The van der Waals surface area contributed by atoms with Gasteiger partial charge in [-0.05, 0) is 24.3 Å². The van der Waals surface area contributed by atoms with Crippen LogP contribution in [0.2, 0.25) is 5.02 Å². The molecule has 0 saturated heterocycles. The highest BCUT2D eigenvalue weighted by Crippen LogP contribution is 2.25. The minimum atomic E-state index is -3.86. The number of H-pyrrole nitrogens is 1. The largest absolute Gasteiger partial charge is 0.319 e. The van der Waals surface area contributed by atoms with Crippen LogP contribution in [0.5, 0.6) is 0 Å². The molecule has 0 fully saturated rings. The lowest BCUT2D eigenvalue weighted by atomic mass is 10.3. The number of aromatic nitrogens is 2. The fraction of sp³-hybridized carbons (Fsp3) is 0. The lowest BCUT2D eigenvalue weighted by Gasteiger charge is -2.07. The zero-order valence-electron chi connectivity index (χ0n) is 9.42. The molecule has 0 bridgehead atoms. The lowest BCUT2D eigenvalue weighted by Crippen LogP contribution is -2.15. The molecule has 1 amide bonds. The average Bonchev–Trinajstić information content (AvgIpc) is 2.84. The van der Waals surface area contributed by atoms with Gasteiger partial charge < -0.3 is 5.32 Å². The van der Waals surface area contributed by atoms with Crippen LogP contribution in [-0.2, 0) is 10.0 Å². The Morgan fingerprint density at radius 1 is 1.37 bits per heavy atom. The molecule has 0 aliphatic carbocycles. The van der Waals surface area contributed by atoms with E-state index in [2.05, 4.69) is 15.5 Å². The van der Waals surface area contributed by atoms with Crippen molar-refractivity contribution >= 4 is 33.2 Å². The first-order chi connectivity index (χ1) is 8.88. The molecular formula is C10H9ClN4O3S. The molecule has 2 aromatic rings. The summed E-state index contributed by atoms with van der Waals surface area (Å²) in [6, 6.07) is 5.24. The molecule has 0 saturated carbocycles. The number of nitrogens with zero attached hydrogens (tertiary/aromatic N) is 1. The third-order valence-electron chi connectivity index (χ3n) is 2.26. The van der Waals surface area contributed by atoms with Crippen molar-refractivity contribution in [3.8, 4) is 0 Å². The van der Waals surface area contributed by atoms with Crippen LogP contribution < -0.4 is 10.5 Å². The summed E-state index contributed by atoms with van der Waals surface area (Å²) in [4.78, 5) is 11.6. The Labute approximate surface area is 113 Å². The van der Waals surface area contributed by atoms with Crippen LogP contribution in [0.1, 0.15) is 10.5 Å². The minimum Gasteiger partial charge on any atom is -0.319 e. The van der Waals surface area contributed by atoms with Crippen LogP contribution in [0, 0.1) is 0 Å². The smallest absolute Gasteiger partial charge is 0.273 e. The molecule has 1 heterocycles. The molecule has 0 aliphatic rings. The number of nitrogens with two attached hydrogens (primary N) is 1. The van der Waals surface area contributed by atoms with E-state index in [9.17, 15) is 13.2 Å². The number of primary sulfonamides is 1. The summed E-state index contributed by atoms with van der Waals surface area (Å²) >= 11 is 5.88. The summed E-state index contributed by atoms with van der Waals surface area (Å²) in [6.45, 7) is 0. The van der Waals surface area contributed by atoms with E-state index in [0.717, 1.165) is 0 Å². The molecule has 0 aliphatic heterocycles. The van der Waals surface area contributed by atoms with Gasteiger partial charge in [-0.2, -0.15) is 5.10 Å². The maximum atomic E-state index is 11.8. The van der Waals surface area contributed by atoms with E-state index in [1.165, 1.54) is 30.5 Å². The highest BCUT2D eigenvalue weighted by Gasteiger charge is 2.14. The van der Waals surface area contributed by atoms with E-state index in [1.54, 1.807) is 0 Å². The molecule has 9 heteroatoms. The lowest BCUT2D eigenvalue weighted by molar-refractivity contribution is 0.102. The molecule has 2 rings (SSSR count). The van der Waals surface area contributed by atoms with Crippen LogP contribution in [-0.4, -0.2) is 24.5 Å². The van der Waals surface area contributed by atoms with Crippen LogP contribution in [0.15, 0.2) is 35.4 Å². The van der Waals surface area contributed by atoms with Gasteiger partial charge in [-0.25, -0.2) is 13.6 Å². The number of amides is 1. The van der Waals surface area contributed by atoms with Crippen molar-refractivity contribution in [1.29, 1.82) is 0 Å². The molecule has 0 unspecified atom stereocenters. The Balaban J connectivity index is 2.32. The van der Waals surface area contributed by atoms with Gasteiger partial charge in [0.2, 0.25) is 10.0 Å². The molecule has 19 heavy (non-hydrogen) atoms. The first-order valence-corrected chi connectivity index (χ1v) is 6.93. The zero-order chi connectivity index (χ0) is 14.0. The Kier molecular flexibility index (Phi) is 3.56. The molecule has 100 valence electrons. The molecule has 4 N–H and O–H groups in total. The Hall–Kier alpha value is -1.90. The summed E-state index contributed by atoms with van der Waals surface area (Å²) < 4.78 is 22.4. The maximum Gasteiger partial charge on any atom is 0.273 e. The van der Waals surface area contributed by atoms with E-state index in [-0.39, 0.29) is 21.3 Å². The fourth-order valence-electron chi connectivity index (χ4n) is 1.35. The van der Waals surface area contributed by atoms with E-state index in [4.69, 9.17) is 16.7 Å². The van der Waals surface area contributed by atoms with Gasteiger partial charge in [0.15, 0.2) is 0 Å². The summed E-state index contributed by atoms with van der Waals surface area (Å²) in [5.74, 6) is -0.494. The highest BCUT2D eigenvalue weighted by molar-refractivity contribution is 7.89. The summed E-state index contributed by atoms with van der Waals surface area (Å²) in [7, 11) is -3.86. The summed E-state index contributed by atoms with van der Waals surface area (Å²) in [5, 5.41) is 13.8. The van der Waals surface area contributed by atoms with E-state index >= 15 is 0 Å². The SMILES string of the molecule is NS(=O)(=O)c1ccc(Cl)c(NC(=O)c2ccn[nH]2)c1. The average molecular weight is 301 g/mol. The third-order valence-corrected chi connectivity index (χ3v) is 3.50. The fourth-order valence-corrected chi connectivity index (χ4v) is 2.05. The van der Waals surface area contributed by atoms with Gasteiger partial charge in [0.1, 0.15) is 5.69 Å². The molecular weight excluding hydrogens is 292 g/mol. The Bertz CT molecular complexity index is 712. The molecule has 0 radical (unpaired) electrons. The zero-order valence-corrected chi connectivity index (χ0v) is 11.0. The maximum absolute atomic E-state index is 11.8. The van der Waals surface area contributed by atoms with Crippen LogP contribution in [0.3, 0.4) is 0 Å². The number of nitrogens with one attached hydrogen (secondary N) is 2.